The van der Waals surface area contributed by atoms with Crippen molar-refractivity contribution in [2.75, 3.05) is 0 Å². The minimum atomic E-state index is -0.0163. The zero-order chi connectivity index (χ0) is 16.8. The number of aliphatic imine (C=N–C) groups is 2. The third-order valence-corrected chi connectivity index (χ3v) is 4.34. The summed E-state index contributed by atoms with van der Waals surface area (Å²) in [6.07, 6.45) is 7.48. The largest absolute Gasteiger partial charge is 0.872 e. The fourth-order valence-corrected chi connectivity index (χ4v) is 2.97. The number of hydrogen-bond acceptors (Lipinski definition) is 4. The minimum absolute atomic E-state index is 0.0163. The van der Waals surface area contributed by atoms with E-state index in [1.165, 1.54) is 0 Å². The molecular formula is C20H20N2O2-2. The van der Waals surface area contributed by atoms with Crippen LogP contribution in [0.2, 0.25) is 0 Å². The Morgan fingerprint density at radius 3 is 1.54 bits per heavy atom. The summed E-state index contributed by atoms with van der Waals surface area (Å²) in [5.41, 5.74) is 1.21. The maximum atomic E-state index is 11.8. The first kappa shape index (κ1) is 16.2. The van der Waals surface area contributed by atoms with E-state index in [-0.39, 0.29) is 23.6 Å². The van der Waals surface area contributed by atoms with Gasteiger partial charge in [-0.3, -0.25) is 9.98 Å². The lowest BCUT2D eigenvalue weighted by Gasteiger charge is -2.26. The summed E-state index contributed by atoms with van der Waals surface area (Å²) in [6.45, 7) is 0. The Kier molecular flexibility index (Phi) is 5.26. The predicted octanol–water partition coefficient (Wildman–Crippen LogP) is 2.68. The van der Waals surface area contributed by atoms with Gasteiger partial charge in [-0.05, 0) is 24.0 Å². The lowest BCUT2D eigenvalue weighted by molar-refractivity contribution is -0.269. The number of rotatable bonds is 4. The Balaban J connectivity index is 1.74. The molecule has 1 aliphatic carbocycles. The first-order valence-electron chi connectivity index (χ1n) is 8.32. The number of nitrogens with zero attached hydrogens (tertiary/aromatic N) is 2. The van der Waals surface area contributed by atoms with Crippen LogP contribution < -0.4 is 10.2 Å². The van der Waals surface area contributed by atoms with Gasteiger partial charge in [-0.25, -0.2) is 0 Å². The molecule has 0 aromatic heterocycles. The van der Waals surface area contributed by atoms with E-state index in [0.29, 0.717) is 11.1 Å². The fraction of sp³-hybridized carbons (Fsp3) is 0.300. The van der Waals surface area contributed by atoms with Crippen molar-refractivity contribution in [2.45, 2.75) is 37.8 Å². The maximum Gasteiger partial charge on any atom is 0.0723 e. The van der Waals surface area contributed by atoms with Gasteiger partial charge < -0.3 is 10.2 Å². The molecule has 0 amide bonds. The fourth-order valence-electron chi connectivity index (χ4n) is 2.97. The topological polar surface area (TPSA) is 70.8 Å². The van der Waals surface area contributed by atoms with Crippen molar-refractivity contribution in [2.24, 2.45) is 9.98 Å². The summed E-state index contributed by atoms with van der Waals surface area (Å²) < 4.78 is 0. The van der Waals surface area contributed by atoms with Crippen molar-refractivity contribution >= 4 is 12.4 Å². The van der Waals surface area contributed by atoms with Crippen molar-refractivity contribution in [3.63, 3.8) is 0 Å². The van der Waals surface area contributed by atoms with Crippen molar-refractivity contribution < 1.29 is 10.2 Å². The van der Waals surface area contributed by atoms with E-state index in [9.17, 15) is 10.2 Å². The van der Waals surface area contributed by atoms with Crippen LogP contribution in [0.3, 0.4) is 0 Å². The van der Waals surface area contributed by atoms with Crippen LogP contribution in [-0.4, -0.2) is 24.5 Å². The van der Waals surface area contributed by atoms with Gasteiger partial charge in [0.25, 0.3) is 0 Å². The number of hydrogen-bond donors (Lipinski definition) is 0. The van der Waals surface area contributed by atoms with Crippen LogP contribution in [0.5, 0.6) is 11.5 Å². The van der Waals surface area contributed by atoms with Gasteiger partial charge in [-0.15, -0.1) is 11.5 Å². The van der Waals surface area contributed by atoms with Crippen LogP contribution >= 0.6 is 0 Å². The minimum Gasteiger partial charge on any atom is -0.872 e. The Labute approximate surface area is 142 Å². The van der Waals surface area contributed by atoms with E-state index >= 15 is 0 Å². The molecule has 2 aromatic rings. The van der Waals surface area contributed by atoms with E-state index in [0.717, 1.165) is 25.7 Å². The molecule has 0 radical (unpaired) electrons. The van der Waals surface area contributed by atoms with Crippen LogP contribution in [0.15, 0.2) is 58.5 Å². The zero-order valence-electron chi connectivity index (χ0n) is 13.5. The van der Waals surface area contributed by atoms with Crippen molar-refractivity contribution in [1.29, 1.82) is 0 Å². The van der Waals surface area contributed by atoms with Crippen LogP contribution in [0.1, 0.15) is 36.8 Å². The highest BCUT2D eigenvalue weighted by molar-refractivity contribution is 5.84. The Bertz CT molecular complexity index is 676. The molecule has 1 fully saturated rings. The number of benzene rings is 2. The Hall–Kier alpha value is -2.62. The monoisotopic (exact) mass is 320 g/mol. The highest BCUT2D eigenvalue weighted by atomic mass is 16.3. The van der Waals surface area contributed by atoms with Gasteiger partial charge >= 0.3 is 0 Å². The molecule has 124 valence electrons. The Morgan fingerprint density at radius 2 is 1.12 bits per heavy atom. The second kappa shape index (κ2) is 7.77. The molecule has 2 atom stereocenters. The van der Waals surface area contributed by atoms with E-state index in [4.69, 9.17) is 0 Å². The Morgan fingerprint density at radius 1 is 0.708 bits per heavy atom. The summed E-state index contributed by atoms with van der Waals surface area (Å²) in [6, 6.07) is 13.9. The molecule has 0 N–H and O–H groups in total. The van der Waals surface area contributed by atoms with Crippen LogP contribution in [0.25, 0.3) is 0 Å². The van der Waals surface area contributed by atoms with E-state index < -0.39 is 0 Å². The summed E-state index contributed by atoms with van der Waals surface area (Å²) in [5, 5.41) is 23.5. The first-order valence-corrected chi connectivity index (χ1v) is 8.32. The molecule has 3 rings (SSSR count). The molecule has 24 heavy (non-hydrogen) atoms. The molecule has 1 aliphatic rings. The summed E-state index contributed by atoms with van der Waals surface area (Å²) in [7, 11) is 0. The van der Waals surface area contributed by atoms with Gasteiger partial charge in [0.1, 0.15) is 0 Å². The quantitative estimate of drug-likeness (QED) is 0.813. The highest BCUT2D eigenvalue weighted by Crippen LogP contribution is 2.24. The summed E-state index contributed by atoms with van der Waals surface area (Å²) in [5.74, 6) is -0.0326. The molecule has 0 unspecified atom stereocenters. The van der Waals surface area contributed by atoms with Gasteiger partial charge in [0.15, 0.2) is 0 Å². The standard InChI is InChI=1S/C20H22N2O2/c23-19-11-5-1-7-15(19)13-21-17-9-3-4-10-18(17)22-14-16-8-2-6-12-20(16)24/h1-2,5-8,11-14,17-18,23-24H,3-4,9-10H2/p-2/t17-,18-/m1/s1. The molecule has 4 nitrogen and oxygen atoms in total. The molecule has 4 heteroatoms. The molecule has 0 heterocycles. The van der Waals surface area contributed by atoms with E-state index in [2.05, 4.69) is 9.98 Å². The smallest absolute Gasteiger partial charge is 0.0723 e. The number of para-hydroxylation sites is 2. The molecule has 2 aromatic carbocycles. The van der Waals surface area contributed by atoms with Crippen molar-refractivity contribution in [3.8, 4) is 11.5 Å². The first-order chi connectivity index (χ1) is 11.7. The highest BCUT2D eigenvalue weighted by Gasteiger charge is 2.23. The van der Waals surface area contributed by atoms with Crippen LogP contribution in [-0.2, 0) is 0 Å². The lowest BCUT2D eigenvalue weighted by Crippen LogP contribution is -2.27. The normalized spacial score (nSPS) is 21.5. The van der Waals surface area contributed by atoms with Gasteiger partial charge in [0, 0.05) is 12.4 Å². The molecular weight excluding hydrogens is 300 g/mol. The van der Waals surface area contributed by atoms with Gasteiger partial charge in [0.05, 0.1) is 12.1 Å². The molecule has 0 bridgehead atoms. The van der Waals surface area contributed by atoms with Gasteiger partial charge in [-0.1, -0.05) is 61.4 Å². The molecule has 0 aliphatic heterocycles. The molecule has 0 saturated heterocycles. The second-order valence-corrected chi connectivity index (χ2v) is 6.05. The van der Waals surface area contributed by atoms with Gasteiger partial charge in [0.2, 0.25) is 0 Å². The SMILES string of the molecule is [O-]c1ccccc1C=N[C@@H]1CCCC[C@H]1N=Cc1ccccc1[O-]. The lowest BCUT2D eigenvalue weighted by atomic mass is 9.91. The van der Waals surface area contributed by atoms with E-state index in [1.807, 2.05) is 12.1 Å². The zero-order valence-corrected chi connectivity index (χ0v) is 13.5. The second-order valence-electron chi connectivity index (χ2n) is 6.05. The average Bonchev–Trinajstić information content (AvgIpc) is 2.61. The summed E-state index contributed by atoms with van der Waals surface area (Å²) >= 11 is 0. The predicted molar refractivity (Wildman–Crippen MR) is 93.0 cm³/mol. The molecule has 1 saturated carbocycles. The van der Waals surface area contributed by atoms with Gasteiger partial charge in [-0.2, -0.15) is 0 Å². The van der Waals surface area contributed by atoms with E-state index in [1.54, 1.807) is 48.8 Å². The average molecular weight is 320 g/mol. The summed E-state index contributed by atoms with van der Waals surface area (Å²) in [4.78, 5) is 9.23. The third-order valence-electron chi connectivity index (χ3n) is 4.34. The van der Waals surface area contributed by atoms with Crippen LogP contribution in [0, 0.1) is 0 Å². The van der Waals surface area contributed by atoms with Crippen molar-refractivity contribution in [3.05, 3.63) is 59.7 Å². The third kappa shape index (κ3) is 4.02. The van der Waals surface area contributed by atoms with Crippen molar-refractivity contribution in [1.82, 2.24) is 0 Å². The maximum absolute atomic E-state index is 11.8. The van der Waals surface area contributed by atoms with Crippen LogP contribution in [0.4, 0.5) is 0 Å². The molecule has 0 spiro atoms.